The first-order valence-electron chi connectivity index (χ1n) is 9.69. The maximum atomic E-state index is 12.6. The molecule has 0 unspecified atom stereocenters. The molecule has 154 valence electrons. The molecule has 4 rings (SSSR count). The van der Waals surface area contributed by atoms with Gasteiger partial charge in [-0.15, -0.1) is 0 Å². The fourth-order valence-corrected chi connectivity index (χ4v) is 3.76. The van der Waals surface area contributed by atoms with Gasteiger partial charge in [-0.25, -0.2) is 9.59 Å². The number of ether oxygens (including phenoxy) is 2. The maximum Gasteiger partial charge on any atom is 0.517 e. The zero-order chi connectivity index (χ0) is 21.1. The second kappa shape index (κ2) is 8.36. The highest BCUT2D eigenvalue weighted by Gasteiger charge is 2.40. The van der Waals surface area contributed by atoms with Crippen molar-refractivity contribution in [2.24, 2.45) is 0 Å². The number of imide groups is 1. The highest BCUT2D eigenvalue weighted by atomic mass is 16.7. The first-order chi connectivity index (χ1) is 14.5. The van der Waals surface area contributed by atoms with Gasteiger partial charge in [-0.1, -0.05) is 42.5 Å². The summed E-state index contributed by atoms with van der Waals surface area (Å²) in [4.78, 5) is 52.0. The molecule has 0 N–H and O–H groups in total. The molecule has 3 amide bonds. The van der Waals surface area contributed by atoms with Crippen molar-refractivity contribution < 1.29 is 28.7 Å². The zero-order valence-electron chi connectivity index (χ0n) is 16.2. The molecule has 1 saturated heterocycles. The summed E-state index contributed by atoms with van der Waals surface area (Å²) < 4.78 is 9.78. The van der Waals surface area contributed by atoms with Gasteiger partial charge in [0.25, 0.3) is 11.8 Å². The summed E-state index contributed by atoms with van der Waals surface area (Å²) in [6.45, 7) is 0.421. The van der Waals surface area contributed by atoms with E-state index in [1.54, 1.807) is 36.4 Å². The third-order valence-electron chi connectivity index (χ3n) is 5.25. The molecule has 8 heteroatoms. The van der Waals surface area contributed by atoms with Crippen molar-refractivity contribution in [1.82, 2.24) is 9.80 Å². The Balaban J connectivity index is 1.34. The van der Waals surface area contributed by atoms with Gasteiger partial charge in [-0.05, 0) is 30.5 Å². The molecule has 0 aliphatic carbocycles. The number of likely N-dealkylation sites (tertiary alicyclic amines) is 1. The largest absolute Gasteiger partial charge is 0.517 e. The van der Waals surface area contributed by atoms with Gasteiger partial charge >= 0.3 is 12.2 Å². The smallest absolute Gasteiger partial charge is 0.429 e. The average molecular weight is 408 g/mol. The fraction of sp³-hybridized carbons (Fsp3) is 0.273. The minimum absolute atomic E-state index is 0.00851. The van der Waals surface area contributed by atoms with Crippen LogP contribution < -0.4 is 0 Å². The summed E-state index contributed by atoms with van der Waals surface area (Å²) in [5, 5.41) is 0. The van der Waals surface area contributed by atoms with Crippen LogP contribution in [0.3, 0.4) is 0 Å². The molecular weight excluding hydrogens is 388 g/mol. The molecule has 0 bridgehead atoms. The Kier molecular flexibility index (Phi) is 5.47. The van der Waals surface area contributed by atoms with Crippen LogP contribution in [-0.4, -0.2) is 53.0 Å². The van der Waals surface area contributed by atoms with Gasteiger partial charge in [-0.2, -0.15) is 0 Å². The number of hydrogen-bond acceptors (Lipinski definition) is 6. The van der Waals surface area contributed by atoms with E-state index >= 15 is 0 Å². The van der Waals surface area contributed by atoms with Gasteiger partial charge in [0, 0.05) is 13.1 Å². The lowest BCUT2D eigenvalue weighted by atomic mass is 10.1. The van der Waals surface area contributed by atoms with Gasteiger partial charge in [-0.3, -0.25) is 14.5 Å². The van der Waals surface area contributed by atoms with E-state index in [1.165, 1.54) is 4.90 Å². The topological polar surface area (TPSA) is 93.2 Å². The van der Waals surface area contributed by atoms with E-state index < -0.39 is 18.3 Å². The Morgan fingerprint density at radius 1 is 0.933 bits per heavy atom. The number of carbonyl (C=O) groups is 4. The molecule has 2 aliphatic heterocycles. The molecule has 0 saturated carbocycles. The molecule has 2 aliphatic rings. The lowest BCUT2D eigenvalue weighted by Gasteiger charge is -2.26. The van der Waals surface area contributed by atoms with Crippen LogP contribution in [-0.2, 0) is 16.1 Å². The molecule has 8 nitrogen and oxygen atoms in total. The van der Waals surface area contributed by atoms with Gasteiger partial charge in [0.1, 0.15) is 6.61 Å². The number of hydrogen-bond donors (Lipinski definition) is 0. The summed E-state index contributed by atoms with van der Waals surface area (Å²) in [7, 11) is 0. The Bertz CT molecular complexity index is 955. The molecule has 1 atom stereocenters. The monoisotopic (exact) mass is 408 g/mol. The predicted molar refractivity (Wildman–Crippen MR) is 105 cm³/mol. The van der Waals surface area contributed by atoms with Crippen molar-refractivity contribution in [3.8, 4) is 0 Å². The van der Waals surface area contributed by atoms with Crippen LogP contribution >= 0.6 is 0 Å². The molecular formula is C22H20N2O6. The highest BCUT2D eigenvalue weighted by molar-refractivity contribution is 6.21. The molecule has 2 aromatic rings. The average Bonchev–Trinajstić information content (AvgIpc) is 3.32. The second-order valence-electron chi connectivity index (χ2n) is 7.15. The van der Waals surface area contributed by atoms with E-state index in [0.717, 1.165) is 10.5 Å². The lowest BCUT2D eigenvalue weighted by molar-refractivity contribution is 0.0471. The van der Waals surface area contributed by atoms with E-state index in [0.29, 0.717) is 30.5 Å². The Labute approximate surface area is 173 Å². The molecule has 0 spiro atoms. The number of amides is 3. The lowest BCUT2D eigenvalue weighted by Crippen LogP contribution is -2.45. The zero-order valence-corrected chi connectivity index (χ0v) is 16.2. The molecule has 30 heavy (non-hydrogen) atoms. The maximum absolute atomic E-state index is 12.6. The van der Waals surface area contributed by atoms with E-state index in [2.05, 4.69) is 0 Å². The van der Waals surface area contributed by atoms with Crippen LogP contribution in [0.2, 0.25) is 0 Å². The van der Waals surface area contributed by atoms with Crippen molar-refractivity contribution in [2.45, 2.75) is 25.5 Å². The van der Waals surface area contributed by atoms with Crippen LogP contribution in [0.15, 0.2) is 54.6 Å². The summed E-state index contributed by atoms with van der Waals surface area (Å²) in [6, 6.07) is 15.2. The highest BCUT2D eigenvalue weighted by Crippen LogP contribution is 2.26. The Morgan fingerprint density at radius 3 is 2.23 bits per heavy atom. The first-order valence-corrected chi connectivity index (χ1v) is 9.69. The number of fused-ring (bicyclic) bond motifs is 1. The van der Waals surface area contributed by atoms with E-state index in [9.17, 15) is 19.2 Å². The molecule has 1 fully saturated rings. The third-order valence-corrected chi connectivity index (χ3v) is 5.25. The fourth-order valence-electron chi connectivity index (χ4n) is 3.76. The number of benzene rings is 2. The van der Waals surface area contributed by atoms with E-state index in [-0.39, 0.29) is 25.0 Å². The van der Waals surface area contributed by atoms with Crippen LogP contribution in [0.4, 0.5) is 9.59 Å². The number of nitrogens with zero attached hydrogens (tertiary/aromatic N) is 2. The van der Waals surface area contributed by atoms with Crippen molar-refractivity contribution in [2.75, 3.05) is 13.1 Å². The van der Waals surface area contributed by atoms with Crippen molar-refractivity contribution >= 4 is 24.1 Å². The molecule has 2 heterocycles. The number of rotatable bonds is 4. The van der Waals surface area contributed by atoms with E-state index in [4.69, 9.17) is 9.47 Å². The predicted octanol–water partition coefficient (Wildman–Crippen LogP) is 3.22. The van der Waals surface area contributed by atoms with Gasteiger partial charge < -0.3 is 14.4 Å². The van der Waals surface area contributed by atoms with Crippen LogP contribution in [0.25, 0.3) is 0 Å². The number of carbonyl (C=O) groups excluding carboxylic acids is 4. The van der Waals surface area contributed by atoms with Gasteiger partial charge in [0.15, 0.2) is 0 Å². The van der Waals surface area contributed by atoms with Crippen LogP contribution in [0, 0.1) is 0 Å². The van der Waals surface area contributed by atoms with Crippen molar-refractivity contribution in [3.63, 3.8) is 0 Å². The Hall–Kier alpha value is -3.68. The summed E-state index contributed by atoms with van der Waals surface area (Å²) in [5.41, 5.74) is 1.49. The third kappa shape index (κ3) is 3.89. The molecule has 2 aromatic carbocycles. The summed E-state index contributed by atoms with van der Waals surface area (Å²) >= 11 is 0. The normalized spacial score (nSPS) is 17.8. The van der Waals surface area contributed by atoms with Crippen LogP contribution in [0.1, 0.15) is 39.1 Å². The first kappa shape index (κ1) is 19.6. The standard InChI is InChI=1S/C22H20N2O6/c25-19-17-10-4-5-11-18(17)20(26)24(19)13-16-9-6-12-23(16)21(27)30-22(28)29-14-15-7-2-1-3-8-15/h1-5,7-8,10-11,16H,6,9,12-14H2/t16-/m0/s1. The second-order valence-corrected chi connectivity index (χ2v) is 7.15. The van der Waals surface area contributed by atoms with Crippen LogP contribution in [0.5, 0.6) is 0 Å². The minimum Gasteiger partial charge on any atom is -0.429 e. The van der Waals surface area contributed by atoms with Gasteiger partial charge in [0.2, 0.25) is 0 Å². The van der Waals surface area contributed by atoms with Gasteiger partial charge in [0.05, 0.1) is 17.2 Å². The van der Waals surface area contributed by atoms with E-state index in [1.807, 2.05) is 18.2 Å². The quantitative estimate of drug-likeness (QED) is 0.438. The molecule has 0 radical (unpaired) electrons. The summed E-state index contributed by atoms with van der Waals surface area (Å²) in [6.07, 6.45) is -0.647. The SMILES string of the molecule is O=C(OCc1ccccc1)OC(=O)N1CCC[C@H]1CN1C(=O)c2ccccc2C1=O. The minimum atomic E-state index is -1.09. The summed E-state index contributed by atoms with van der Waals surface area (Å²) in [5.74, 6) is -0.754. The van der Waals surface area contributed by atoms with Crippen molar-refractivity contribution in [3.05, 3.63) is 71.3 Å². The van der Waals surface area contributed by atoms with Crippen molar-refractivity contribution in [1.29, 1.82) is 0 Å². The Morgan fingerprint density at radius 2 is 1.57 bits per heavy atom. The molecule has 0 aromatic heterocycles.